The Balaban J connectivity index is 1.46. The zero-order valence-electron chi connectivity index (χ0n) is 23.4. The van der Waals surface area contributed by atoms with Gasteiger partial charge >= 0.3 is 5.97 Å². The molecule has 0 radical (unpaired) electrons. The van der Waals surface area contributed by atoms with Crippen molar-refractivity contribution in [1.82, 2.24) is 0 Å². The lowest BCUT2D eigenvalue weighted by atomic mass is 9.96. The lowest BCUT2D eigenvalue weighted by Crippen LogP contribution is -2.65. The quantitative estimate of drug-likeness (QED) is 0.116. The van der Waals surface area contributed by atoms with Gasteiger partial charge in [0.05, 0.1) is 18.8 Å². The first kappa shape index (κ1) is 35.6. The number of aliphatic hydroxyl groups is 11. The molecule has 12 N–H and O–H groups in total. The first-order chi connectivity index (χ1) is 20.5. The third-order valence-corrected chi connectivity index (χ3v) is 8.07. The van der Waals surface area contributed by atoms with Gasteiger partial charge in [-0.1, -0.05) is 0 Å². The Hall–Kier alpha value is -1.25. The zero-order chi connectivity index (χ0) is 32.8. The number of hydrogen-bond acceptors (Lipinski definition) is 19. The standard InChI is InChI=1S/C24H40O20/c1-4-7(25)10(28)14(32)22(39-4)44-19-12(30)8(26)5(2)40-24(19)38-3-6-9(27)17(16(34)21(37)41-6)42-23-15(33)11(29)13(31)18(43-23)20(35)36/h4-19,21-34,37H,3H2,1-2H3,(H,35,36). The maximum atomic E-state index is 11.4. The van der Waals surface area contributed by atoms with Crippen LogP contribution in [0.3, 0.4) is 0 Å². The molecule has 4 heterocycles. The van der Waals surface area contributed by atoms with Crippen LogP contribution >= 0.6 is 0 Å². The Kier molecular flexibility index (Phi) is 11.5. The van der Waals surface area contributed by atoms with E-state index < -0.39 is 135 Å². The molecule has 4 aliphatic rings. The molecule has 0 bridgehead atoms. The molecule has 0 aromatic rings. The van der Waals surface area contributed by atoms with Crippen LogP contribution in [-0.4, -0.2) is 197 Å². The number of aliphatic hydroxyl groups excluding tert-OH is 11. The fourth-order valence-electron chi connectivity index (χ4n) is 5.29. The van der Waals surface area contributed by atoms with E-state index in [2.05, 4.69) is 0 Å². The van der Waals surface area contributed by atoms with Gasteiger partial charge in [-0.2, -0.15) is 0 Å². The van der Waals surface area contributed by atoms with Crippen LogP contribution in [0.1, 0.15) is 13.8 Å². The van der Waals surface area contributed by atoms with Crippen LogP contribution < -0.4 is 0 Å². The minimum atomic E-state index is -2.06. The fourth-order valence-corrected chi connectivity index (χ4v) is 5.29. The van der Waals surface area contributed by atoms with Crippen molar-refractivity contribution >= 4 is 5.97 Å². The van der Waals surface area contributed by atoms with E-state index in [-0.39, 0.29) is 0 Å². The number of ether oxygens (including phenoxy) is 7. The van der Waals surface area contributed by atoms with Crippen LogP contribution in [-0.2, 0) is 38.0 Å². The van der Waals surface area contributed by atoms with Gasteiger partial charge < -0.3 is 94.4 Å². The summed E-state index contributed by atoms with van der Waals surface area (Å²) in [5.74, 6) is -1.71. The number of hydrogen-bond donors (Lipinski definition) is 12. The summed E-state index contributed by atoms with van der Waals surface area (Å²) in [6, 6.07) is 0. The third kappa shape index (κ3) is 7.02. The number of carboxylic acid groups (broad SMARTS) is 1. The first-order valence-electron chi connectivity index (χ1n) is 13.8. The molecule has 0 aliphatic carbocycles. The predicted molar refractivity (Wildman–Crippen MR) is 132 cm³/mol. The zero-order valence-corrected chi connectivity index (χ0v) is 23.4. The summed E-state index contributed by atoms with van der Waals surface area (Å²) in [7, 11) is 0. The predicted octanol–water partition coefficient (Wildman–Crippen LogP) is -7.60. The molecular weight excluding hydrogens is 608 g/mol. The molecule has 44 heavy (non-hydrogen) atoms. The number of carbonyl (C=O) groups is 1. The topological polar surface area (TPSA) is 324 Å². The number of carboxylic acids is 1. The molecule has 0 saturated carbocycles. The number of aliphatic carboxylic acids is 1. The van der Waals surface area contributed by atoms with Gasteiger partial charge in [0.1, 0.15) is 79.4 Å². The van der Waals surface area contributed by atoms with Crippen molar-refractivity contribution in [2.24, 2.45) is 0 Å². The molecule has 0 aromatic carbocycles. The Morgan fingerprint density at radius 2 is 1.05 bits per heavy atom. The Morgan fingerprint density at radius 3 is 1.64 bits per heavy atom. The van der Waals surface area contributed by atoms with Crippen LogP contribution in [0.25, 0.3) is 0 Å². The highest BCUT2D eigenvalue weighted by Gasteiger charge is 2.53. The Bertz CT molecular complexity index is 959. The van der Waals surface area contributed by atoms with Crippen molar-refractivity contribution in [3.05, 3.63) is 0 Å². The van der Waals surface area contributed by atoms with Gasteiger partial charge in [0.25, 0.3) is 0 Å². The molecule has 20 atom stereocenters. The first-order valence-corrected chi connectivity index (χ1v) is 13.8. The summed E-state index contributed by atoms with van der Waals surface area (Å²) in [6.07, 6.45) is -34.6. The van der Waals surface area contributed by atoms with Gasteiger partial charge in [0, 0.05) is 0 Å². The summed E-state index contributed by atoms with van der Waals surface area (Å²) in [5, 5.41) is 122. The summed E-state index contributed by atoms with van der Waals surface area (Å²) >= 11 is 0. The molecule has 0 amide bonds. The molecule has 4 fully saturated rings. The van der Waals surface area contributed by atoms with E-state index in [1.807, 2.05) is 0 Å². The average Bonchev–Trinajstić information content (AvgIpc) is 2.98. The van der Waals surface area contributed by atoms with E-state index in [1.165, 1.54) is 13.8 Å². The second-order valence-electron chi connectivity index (χ2n) is 11.2. The van der Waals surface area contributed by atoms with Gasteiger partial charge in [0.2, 0.25) is 0 Å². The highest BCUT2D eigenvalue weighted by Crippen LogP contribution is 2.32. The highest BCUT2D eigenvalue weighted by atomic mass is 16.8. The van der Waals surface area contributed by atoms with Crippen LogP contribution in [0.15, 0.2) is 0 Å². The van der Waals surface area contributed by atoms with Crippen molar-refractivity contribution in [1.29, 1.82) is 0 Å². The summed E-state index contributed by atoms with van der Waals surface area (Å²) in [4.78, 5) is 11.4. The fraction of sp³-hybridized carbons (Fsp3) is 0.958. The van der Waals surface area contributed by atoms with Crippen LogP contribution in [0, 0.1) is 0 Å². The van der Waals surface area contributed by atoms with Gasteiger partial charge in [0.15, 0.2) is 31.3 Å². The van der Waals surface area contributed by atoms with Gasteiger partial charge in [-0.15, -0.1) is 0 Å². The maximum absolute atomic E-state index is 11.4. The molecule has 4 rings (SSSR count). The largest absolute Gasteiger partial charge is 0.479 e. The summed E-state index contributed by atoms with van der Waals surface area (Å²) < 4.78 is 37.8. The van der Waals surface area contributed by atoms with Gasteiger partial charge in [-0.05, 0) is 13.8 Å². The van der Waals surface area contributed by atoms with E-state index in [1.54, 1.807) is 0 Å². The molecule has 0 spiro atoms. The Morgan fingerprint density at radius 1 is 0.545 bits per heavy atom. The smallest absolute Gasteiger partial charge is 0.335 e. The van der Waals surface area contributed by atoms with Gasteiger partial charge in [-0.3, -0.25) is 0 Å². The van der Waals surface area contributed by atoms with Crippen molar-refractivity contribution in [3.63, 3.8) is 0 Å². The summed E-state index contributed by atoms with van der Waals surface area (Å²) in [6.45, 7) is 2.08. The molecule has 4 saturated heterocycles. The average molecular weight is 649 g/mol. The normalized spacial score (nSPS) is 53.8. The van der Waals surface area contributed by atoms with Gasteiger partial charge in [-0.25, -0.2) is 4.79 Å². The molecule has 0 aromatic heterocycles. The van der Waals surface area contributed by atoms with Crippen LogP contribution in [0.4, 0.5) is 0 Å². The van der Waals surface area contributed by atoms with E-state index in [4.69, 9.17) is 33.2 Å². The Labute approximate surface area is 249 Å². The molecule has 20 nitrogen and oxygen atoms in total. The van der Waals surface area contributed by atoms with Crippen molar-refractivity contribution in [3.8, 4) is 0 Å². The highest BCUT2D eigenvalue weighted by molar-refractivity contribution is 5.73. The van der Waals surface area contributed by atoms with E-state index >= 15 is 0 Å². The SMILES string of the molecule is CC1OC(OC2C(OCC3OC(O)C(O)C(OC4OC(C(=O)O)C(O)C(O)C4O)C3O)OC(C)C(O)C2O)C(O)C(O)C1O. The molecule has 20 heteroatoms. The molecule has 4 aliphatic heterocycles. The van der Waals surface area contributed by atoms with Crippen molar-refractivity contribution in [2.75, 3.05) is 6.61 Å². The number of rotatable bonds is 8. The lowest BCUT2D eigenvalue weighted by Gasteiger charge is -2.46. The minimum absolute atomic E-state index is 0.691. The second kappa shape index (κ2) is 14.3. The molecule has 20 unspecified atom stereocenters. The van der Waals surface area contributed by atoms with E-state index in [9.17, 15) is 66.1 Å². The van der Waals surface area contributed by atoms with Crippen LogP contribution in [0.5, 0.6) is 0 Å². The van der Waals surface area contributed by atoms with E-state index in [0.29, 0.717) is 0 Å². The minimum Gasteiger partial charge on any atom is -0.479 e. The lowest BCUT2D eigenvalue weighted by molar-refractivity contribution is -0.373. The van der Waals surface area contributed by atoms with E-state index in [0.717, 1.165) is 0 Å². The van der Waals surface area contributed by atoms with Crippen molar-refractivity contribution < 1.29 is 99.2 Å². The maximum Gasteiger partial charge on any atom is 0.335 e. The monoisotopic (exact) mass is 648 g/mol. The molecule has 256 valence electrons. The third-order valence-electron chi connectivity index (χ3n) is 8.07. The van der Waals surface area contributed by atoms with Crippen molar-refractivity contribution in [2.45, 2.75) is 137 Å². The second-order valence-corrected chi connectivity index (χ2v) is 11.2. The summed E-state index contributed by atoms with van der Waals surface area (Å²) in [5.41, 5.74) is 0. The van der Waals surface area contributed by atoms with Crippen LogP contribution in [0.2, 0.25) is 0 Å². The molecular formula is C24H40O20.